The largest absolute Gasteiger partial charge is 0.490 e. The van der Waals surface area contributed by atoms with Gasteiger partial charge in [0.25, 0.3) is 6.08 Å². The van der Waals surface area contributed by atoms with Crippen LogP contribution in [0.15, 0.2) is 24.3 Å². The third-order valence-electron chi connectivity index (χ3n) is 2.27. The molecule has 1 aromatic carbocycles. The Kier molecular flexibility index (Phi) is 6.83. The Bertz CT molecular complexity index is 458. The second-order valence-corrected chi connectivity index (χ2v) is 3.74. The van der Waals surface area contributed by atoms with Crippen molar-refractivity contribution in [2.45, 2.75) is 12.8 Å². The zero-order chi connectivity index (χ0) is 15.0. The van der Waals surface area contributed by atoms with E-state index < -0.39 is 36.7 Å². The van der Waals surface area contributed by atoms with E-state index in [9.17, 15) is 22.0 Å². The van der Waals surface area contributed by atoms with Crippen molar-refractivity contribution in [1.82, 2.24) is 0 Å². The van der Waals surface area contributed by atoms with Gasteiger partial charge in [-0.2, -0.15) is 17.6 Å². The third-order valence-corrected chi connectivity index (χ3v) is 2.27. The smallest absolute Gasteiger partial charge is 0.269 e. The van der Waals surface area contributed by atoms with E-state index in [-0.39, 0.29) is 18.8 Å². The molecule has 0 bridgehead atoms. The number of rotatable bonds is 8. The molecule has 1 aromatic rings. The Morgan fingerprint density at radius 3 is 2.15 bits per heavy atom. The fourth-order valence-corrected chi connectivity index (χ4v) is 1.31. The number of hydrogen-bond donors (Lipinski definition) is 0. The Balaban J connectivity index is 2.64. The van der Waals surface area contributed by atoms with Crippen molar-refractivity contribution in [2.24, 2.45) is 0 Å². The van der Waals surface area contributed by atoms with Crippen LogP contribution in [0.1, 0.15) is 12.8 Å². The minimum Gasteiger partial charge on any atom is -0.490 e. The van der Waals surface area contributed by atoms with Gasteiger partial charge < -0.3 is 9.47 Å². The van der Waals surface area contributed by atoms with Gasteiger partial charge in [0, 0.05) is 6.08 Å². The maximum Gasteiger partial charge on any atom is 0.269 e. The summed E-state index contributed by atoms with van der Waals surface area (Å²) in [6, 6.07) is 2.20. The molecule has 1 rings (SSSR count). The van der Waals surface area contributed by atoms with Crippen molar-refractivity contribution in [3.63, 3.8) is 0 Å². The summed E-state index contributed by atoms with van der Waals surface area (Å²) in [6.07, 6.45) is -0.902. The van der Waals surface area contributed by atoms with Gasteiger partial charge >= 0.3 is 0 Å². The molecule has 20 heavy (non-hydrogen) atoms. The minimum absolute atomic E-state index is 0.0519. The lowest BCUT2D eigenvalue weighted by Crippen LogP contribution is -2.03. The van der Waals surface area contributed by atoms with E-state index in [4.69, 9.17) is 4.74 Å². The summed E-state index contributed by atoms with van der Waals surface area (Å²) in [7, 11) is 0. The van der Waals surface area contributed by atoms with Gasteiger partial charge in [0.15, 0.2) is 11.5 Å². The fraction of sp³-hybridized carbons (Fsp3) is 0.385. The first-order valence-electron chi connectivity index (χ1n) is 5.87. The highest BCUT2D eigenvalue weighted by Crippen LogP contribution is 2.27. The van der Waals surface area contributed by atoms with Gasteiger partial charge in [-0.15, -0.1) is 0 Å². The average Bonchev–Trinajstić information content (AvgIpc) is 2.41. The first kappa shape index (κ1) is 16.3. The molecule has 0 radical (unpaired) electrons. The second-order valence-electron chi connectivity index (χ2n) is 3.74. The monoisotopic (exact) mass is 296 g/mol. The highest BCUT2D eigenvalue weighted by Gasteiger charge is 2.15. The van der Waals surface area contributed by atoms with Gasteiger partial charge in [-0.05, 0) is 25.0 Å². The molecule has 0 saturated carbocycles. The molecule has 0 atom stereocenters. The van der Waals surface area contributed by atoms with Gasteiger partial charge in [-0.25, -0.2) is 0 Å². The van der Waals surface area contributed by atoms with Gasteiger partial charge in [-0.3, -0.25) is 4.39 Å². The second kappa shape index (κ2) is 8.39. The van der Waals surface area contributed by atoms with Crippen molar-refractivity contribution < 1.29 is 31.4 Å². The summed E-state index contributed by atoms with van der Waals surface area (Å²) in [6.45, 7) is -1.03. The lowest BCUT2D eigenvalue weighted by Gasteiger charge is -2.10. The van der Waals surface area contributed by atoms with E-state index >= 15 is 0 Å². The third kappa shape index (κ3) is 5.07. The van der Waals surface area contributed by atoms with Crippen LogP contribution < -0.4 is 9.47 Å². The van der Waals surface area contributed by atoms with Crippen LogP contribution in [0.3, 0.4) is 0 Å². The number of ether oxygens (including phenoxy) is 2. The van der Waals surface area contributed by atoms with E-state index in [2.05, 4.69) is 4.74 Å². The molecule has 0 amide bonds. The zero-order valence-corrected chi connectivity index (χ0v) is 10.5. The standard InChI is InChI=1S/C13H13F5O2/c14-6-1-2-7-19-9-3-4-10(13(18)12(9)17)20-8-5-11(15)16/h3-5H,1-2,6-8H2. The summed E-state index contributed by atoms with van der Waals surface area (Å²) in [5, 5.41) is 0. The number of alkyl halides is 1. The Morgan fingerprint density at radius 1 is 1.00 bits per heavy atom. The van der Waals surface area contributed by atoms with Crippen molar-refractivity contribution in [3.8, 4) is 11.5 Å². The van der Waals surface area contributed by atoms with Crippen LogP contribution in [0, 0.1) is 11.6 Å². The fourth-order valence-electron chi connectivity index (χ4n) is 1.31. The molecule has 112 valence electrons. The minimum atomic E-state index is -1.97. The van der Waals surface area contributed by atoms with Gasteiger partial charge in [0.1, 0.15) is 6.61 Å². The van der Waals surface area contributed by atoms with Gasteiger partial charge in [0.05, 0.1) is 13.3 Å². The normalized spacial score (nSPS) is 10.2. The molecule has 0 aliphatic carbocycles. The summed E-state index contributed by atoms with van der Waals surface area (Å²) < 4.78 is 72.0. The molecule has 2 nitrogen and oxygen atoms in total. The topological polar surface area (TPSA) is 18.5 Å². The molecule has 0 heterocycles. The van der Waals surface area contributed by atoms with Crippen LogP contribution >= 0.6 is 0 Å². The van der Waals surface area contributed by atoms with Crippen molar-refractivity contribution in [1.29, 1.82) is 0 Å². The number of hydrogen-bond acceptors (Lipinski definition) is 2. The average molecular weight is 296 g/mol. The maximum absolute atomic E-state index is 13.5. The van der Waals surface area contributed by atoms with Crippen LogP contribution in [0.4, 0.5) is 22.0 Å². The Labute approximate surface area is 112 Å². The van der Waals surface area contributed by atoms with Crippen LogP contribution in [-0.2, 0) is 0 Å². The first-order valence-corrected chi connectivity index (χ1v) is 5.87. The summed E-state index contributed by atoms with van der Waals surface area (Å²) in [5.41, 5.74) is 0. The molecule has 0 spiro atoms. The van der Waals surface area contributed by atoms with Gasteiger partial charge in [-0.1, -0.05) is 0 Å². The van der Waals surface area contributed by atoms with Crippen LogP contribution in [0.2, 0.25) is 0 Å². The zero-order valence-electron chi connectivity index (χ0n) is 10.5. The summed E-state index contributed by atoms with van der Waals surface area (Å²) in [4.78, 5) is 0. The highest BCUT2D eigenvalue weighted by atomic mass is 19.3. The Morgan fingerprint density at radius 2 is 1.60 bits per heavy atom. The van der Waals surface area contributed by atoms with Crippen molar-refractivity contribution in [2.75, 3.05) is 19.9 Å². The highest BCUT2D eigenvalue weighted by molar-refractivity contribution is 5.35. The van der Waals surface area contributed by atoms with Crippen LogP contribution in [0.25, 0.3) is 0 Å². The van der Waals surface area contributed by atoms with E-state index in [1.807, 2.05) is 0 Å². The van der Waals surface area contributed by atoms with E-state index in [1.165, 1.54) is 0 Å². The SMILES string of the molecule is FCCCCOc1ccc(OCC=C(F)F)c(F)c1F. The molecule has 0 aromatic heterocycles. The predicted molar refractivity (Wildman–Crippen MR) is 62.9 cm³/mol. The molecule has 0 saturated heterocycles. The summed E-state index contributed by atoms with van der Waals surface area (Å²) in [5.74, 6) is -3.41. The molecular formula is C13H13F5O2. The molecule has 0 aliphatic heterocycles. The molecule has 7 heteroatoms. The van der Waals surface area contributed by atoms with Gasteiger partial charge in [0.2, 0.25) is 11.6 Å². The summed E-state index contributed by atoms with van der Waals surface area (Å²) >= 11 is 0. The number of halogens is 5. The van der Waals surface area contributed by atoms with Crippen molar-refractivity contribution in [3.05, 3.63) is 35.9 Å². The molecule has 0 unspecified atom stereocenters. The van der Waals surface area contributed by atoms with Crippen molar-refractivity contribution >= 4 is 0 Å². The van der Waals surface area contributed by atoms with E-state index in [0.29, 0.717) is 12.5 Å². The van der Waals surface area contributed by atoms with Crippen LogP contribution in [-0.4, -0.2) is 19.9 Å². The van der Waals surface area contributed by atoms with E-state index in [0.717, 1.165) is 12.1 Å². The number of benzene rings is 1. The predicted octanol–water partition coefficient (Wildman–Crippen LogP) is 4.25. The molecular weight excluding hydrogens is 283 g/mol. The maximum atomic E-state index is 13.5. The van der Waals surface area contributed by atoms with Crippen LogP contribution in [0.5, 0.6) is 11.5 Å². The number of unbranched alkanes of at least 4 members (excludes halogenated alkanes) is 1. The molecule has 0 fully saturated rings. The first-order chi connectivity index (χ1) is 9.56. The van der Waals surface area contributed by atoms with E-state index in [1.54, 1.807) is 0 Å². The molecule has 0 aliphatic rings. The lowest BCUT2D eigenvalue weighted by molar-refractivity contribution is 0.273. The molecule has 0 N–H and O–H groups in total. The lowest BCUT2D eigenvalue weighted by atomic mass is 10.3. The Hall–Kier alpha value is -1.79. The quantitative estimate of drug-likeness (QED) is 0.527.